The number of carbonyl (C=O) groups excluding carboxylic acids is 1. The molecule has 0 spiro atoms. The molecule has 1 aromatic carbocycles. The molecule has 2 aromatic rings. The maximum Gasteiger partial charge on any atom is 0.245 e. The first-order valence-corrected chi connectivity index (χ1v) is 11.2. The van der Waals surface area contributed by atoms with Gasteiger partial charge in [-0.1, -0.05) is 18.9 Å². The Bertz CT molecular complexity index is 906. The van der Waals surface area contributed by atoms with E-state index in [9.17, 15) is 13.2 Å². The summed E-state index contributed by atoms with van der Waals surface area (Å²) in [5.41, 5.74) is 0.999. The zero-order valence-electron chi connectivity index (χ0n) is 14.4. The average molecular weight is 395 g/mol. The minimum absolute atomic E-state index is 0.00895. The van der Waals surface area contributed by atoms with Crippen LogP contribution in [0.5, 0.6) is 0 Å². The Hall–Kier alpha value is -1.58. The lowest BCUT2D eigenvalue weighted by molar-refractivity contribution is -0.126. The molecule has 1 amide bonds. The van der Waals surface area contributed by atoms with E-state index in [4.69, 9.17) is 0 Å². The Balaban J connectivity index is 1.53. The molecule has 2 fully saturated rings. The number of carbonyl (C=O) groups is 1. The van der Waals surface area contributed by atoms with Crippen LogP contribution in [0.3, 0.4) is 0 Å². The summed E-state index contributed by atoms with van der Waals surface area (Å²) >= 11 is 1.01. The highest BCUT2D eigenvalue weighted by atomic mass is 32.2. The molecule has 1 saturated carbocycles. The van der Waals surface area contributed by atoms with E-state index >= 15 is 0 Å². The number of sulfonamides is 1. The Morgan fingerprint density at radius 1 is 1.15 bits per heavy atom. The van der Waals surface area contributed by atoms with Crippen LogP contribution in [0.15, 0.2) is 23.1 Å². The van der Waals surface area contributed by atoms with Crippen molar-refractivity contribution in [1.82, 2.24) is 18.4 Å². The highest BCUT2D eigenvalue weighted by molar-refractivity contribution is 7.89. The Kier molecular flexibility index (Phi) is 4.94. The van der Waals surface area contributed by atoms with Crippen LogP contribution in [0.25, 0.3) is 11.0 Å². The minimum Gasteiger partial charge on any atom is -0.353 e. The first kappa shape index (κ1) is 17.8. The number of hydrogen-bond acceptors (Lipinski definition) is 6. The molecule has 2 heterocycles. The highest BCUT2D eigenvalue weighted by Gasteiger charge is 2.35. The lowest BCUT2D eigenvalue weighted by Crippen LogP contribution is -2.47. The van der Waals surface area contributed by atoms with E-state index in [0.29, 0.717) is 24.0 Å². The first-order chi connectivity index (χ1) is 12.6. The van der Waals surface area contributed by atoms with Gasteiger partial charge >= 0.3 is 0 Å². The minimum atomic E-state index is -3.69. The fourth-order valence-electron chi connectivity index (χ4n) is 3.89. The van der Waals surface area contributed by atoms with Gasteiger partial charge in [-0.2, -0.15) is 13.1 Å². The molecule has 1 aliphatic carbocycles. The second-order valence-electron chi connectivity index (χ2n) is 7.08. The van der Waals surface area contributed by atoms with Gasteiger partial charge in [-0.25, -0.2) is 8.42 Å². The van der Waals surface area contributed by atoms with Crippen LogP contribution in [0.1, 0.15) is 38.5 Å². The molecule has 4 rings (SSSR count). The quantitative estimate of drug-likeness (QED) is 0.858. The molecule has 26 heavy (non-hydrogen) atoms. The summed E-state index contributed by atoms with van der Waals surface area (Å²) in [7, 11) is -3.69. The third kappa shape index (κ3) is 3.35. The van der Waals surface area contributed by atoms with Gasteiger partial charge in [0.05, 0.1) is 17.6 Å². The topological polar surface area (TPSA) is 92.3 Å². The number of piperidine rings is 1. The summed E-state index contributed by atoms with van der Waals surface area (Å²) in [6.45, 7) is 0.665. The number of rotatable bonds is 4. The second-order valence-corrected chi connectivity index (χ2v) is 9.52. The van der Waals surface area contributed by atoms with Crippen molar-refractivity contribution in [2.75, 3.05) is 13.1 Å². The summed E-state index contributed by atoms with van der Waals surface area (Å²) in [6, 6.07) is 5.27. The number of hydrogen-bond donors (Lipinski definition) is 1. The molecule has 1 atom stereocenters. The van der Waals surface area contributed by atoms with Gasteiger partial charge in [0.2, 0.25) is 15.9 Å². The Morgan fingerprint density at radius 2 is 1.96 bits per heavy atom. The lowest BCUT2D eigenvalue weighted by Gasteiger charge is -2.31. The van der Waals surface area contributed by atoms with Gasteiger partial charge in [0.15, 0.2) is 0 Å². The van der Waals surface area contributed by atoms with Gasteiger partial charge in [-0.3, -0.25) is 4.79 Å². The lowest BCUT2D eigenvalue weighted by atomic mass is 9.98. The second kappa shape index (κ2) is 7.21. The van der Waals surface area contributed by atoms with Crippen LogP contribution < -0.4 is 5.32 Å². The van der Waals surface area contributed by atoms with Gasteiger partial charge in [0.1, 0.15) is 15.9 Å². The van der Waals surface area contributed by atoms with Crippen LogP contribution in [0, 0.1) is 5.92 Å². The van der Waals surface area contributed by atoms with Crippen molar-refractivity contribution in [2.24, 2.45) is 5.92 Å². The molecule has 0 bridgehead atoms. The Morgan fingerprint density at radius 3 is 2.77 bits per heavy atom. The van der Waals surface area contributed by atoms with E-state index in [1.54, 1.807) is 18.2 Å². The fourth-order valence-corrected chi connectivity index (χ4v) is 6.17. The number of amides is 1. The number of nitrogens with zero attached hydrogens (tertiary/aromatic N) is 3. The molecule has 7 nitrogen and oxygen atoms in total. The Labute approximate surface area is 157 Å². The predicted molar refractivity (Wildman–Crippen MR) is 99.3 cm³/mol. The normalized spacial score (nSPS) is 22.7. The zero-order valence-corrected chi connectivity index (χ0v) is 16.1. The van der Waals surface area contributed by atoms with Crippen molar-refractivity contribution in [3.63, 3.8) is 0 Å². The molecule has 0 radical (unpaired) electrons. The van der Waals surface area contributed by atoms with Crippen molar-refractivity contribution < 1.29 is 13.2 Å². The smallest absolute Gasteiger partial charge is 0.245 e. The van der Waals surface area contributed by atoms with Crippen molar-refractivity contribution in [2.45, 2.75) is 49.5 Å². The van der Waals surface area contributed by atoms with E-state index in [2.05, 4.69) is 14.1 Å². The summed E-state index contributed by atoms with van der Waals surface area (Å²) in [4.78, 5) is 12.8. The molecule has 1 aliphatic heterocycles. The molecule has 9 heteroatoms. The van der Waals surface area contributed by atoms with E-state index < -0.39 is 10.0 Å². The molecule has 1 saturated heterocycles. The van der Waals surface area contributed by atoms with Gasteiger partial charge in [0.25, 0.3) is 0 Å². The van der Waals surface area contributed by atoms with Gasteiger partial charge in [0, 0.05) is 19.1 Å². The summed E-state index contributed by atoms with van der Waals surface area (Å²) in [5.74, 6) is -0.294. The highest BCUT2D eigenvalue weighted by Crippen LogP contribution is 2.28. The third-order valence-corrected chi connectivity index (χ3v) is 7.76. The molecule has 1 aromatic heterocycles. The van der Waals surface area contributed by atoms with Crippen LogP contribution in [-0.4, -0.2) is 46.5 Å². The fraction of sp³-hybridized carbons (Fsp3) is 0.588. The maximum absolute atomic E-state index is 13.1. The number of nitrogens with one attached hydrogen (secondary N) is 1. The van der Waals surface area contributed by atoms with Crippen LogP contribution in [-0.2, 0) is 14.8 Å². The zero-order chi connectivity index (χ0) is 18.1. The molecule has 2 aliphatic rings. The van der Waals surface area contributed by atoms with Crippen LogP contribution in [0.2, 0.25) is 0 Å². The maximum atomic E-state index is 13.1. The number of benzene rings is 1. The van der Waals surface area contributed by atoms with E-state index in [-0.39, 0.29) is 29.3 Å². The standard InChI is InChI=1S/C17H22N4O3S2/c22-17(18-13-6-1-2-7-13)12-5-4-10-21(11-12)26(23,24)15-9-3-8-14-16(15)20-25-19-14/h3,8-9,12-13H,1-2,4-7,10-11H2,(H,18,22)/t12-/m1/s1. The molecule has 0 unspecified atom stereocenters. The largest absolute Gasteiger partial charge is 0.353 e. The van der Waals surface area contributed by atoms with Crippen LogP contribution >= 0.6 is 11.7 Å². The van der Waals surface area contributed by atoms with E-state index in [1.807, 2.05) is 0 Å². The van der Waals surface area contributed by atoms with Crippen molar-refractivity contribution in [3.05, 3.63) is 18.2 Å². The first-order valence-electron chi connectivity index (χ1n) is 9.07. The van der Waals surface area contributed by atoms with Gasteiger partial charge < -0.3 is 5.32 Å². The van der Waals surface area contributed by atoms with Gasteiger partial charge in [-0.05, 0) is 37.8 Å². The third-order valence-electron chi connectivity index (χ3n) is 5.32. The SMILES string of the molecule is O=C(NC1CCCC1)[C@@H]1CCCN(S(=O)(=O)c2cccc3nsnc23)C1. The summed E-state index contributed by atoms with van der Waals surface area (Å²) in [5, 5.41) is 3.10. The van der Waals surface area contributed by atoms with E-state index in [0.717, 1.165) is 43.8 Å². The van der Waals surface area contributed by atoms with Crippen molar-refractivity contribution in [3.8, 4) is 0 Å². The van der Waals surface area contributed by atoms with Crippen molar-refractivity contribution >= 4 is 38.7 Å². The van der Waals surface area contributed by atoms with Gasteiger partial charge in [-0.15, -0.1) is 0 Å². The molecular weight excluding hydrogens is 372 g/mol. The predicted octanol–water partition coefficient (Wildman–Crippen LogP) is 2.15. The van der Waals surface area contributed by atoms with Crippen LogP contribution in [0.4, 0.5) is 0 Å². The summed E-state index contributed by atoms with van der Waals surface area (Å²) < 4.78 is 36.0. The number of fused-ring (bicyclic) bond motifs is 1. The summed E-state index contributed by atoms with van der Waals surface area (Å²) in [6.07, 6.45) is 5.78. The number of aromatic nitrogens is 2. The monoisotopic (exact) mass is 394 g/mol. The van der Waals surface area contributed by atoms with E-state index in [1.165, 1.54) is 4.31 Å². The average Bonchev–Trinajstić information content (AvgIpc) is 3.32. The molecule has 140 valence electrons. The molecular formula is C17H22N4O3S2. The molecule has 1 N–H and O–H groups in total. The van der Waals surface area contributed by atoms with Crippen molar-refractivity contribution in [1.29, 1.82) is 0 Å².